The molecule has 1 aliphatic heterocycles. The highest BCUT2D eigenvalue weighted by atomic mass is 79.9. The van der Waals surface area contributed by atoms with Crippen LogP contribution in [0, 0.1) is 5.82 Å². The number of amides is 1. The van der Waals surface area contributed by atoms with Gasteiger partial charge in [0.2, 0.25) is 5.91 Å². The van der Waals surface area contributed by atoms with Crippen molar-refractivity contribution >= 4 is 21.8 Å². The van der Waals surface area contributed by atoms with E-state index in [-0.39, 0.29) is 11.7 Å². The summed E-state index contributed by atoms with van der Waals surface area (Å²) in [6.45, 7) is 1.31. The minimum absolute atomic E-state index is 0.165. The molecule has 1 aromatic carbocycles. The molecule has 0 N–H and O–H groups in total. The Kier molecular flexibility index (Phi) is 3.05. The van der Waals surface area contributed by atoms with Crippen LogP contribution >= 0.6 is 15.9 Å². The zero-order chi connectivity index (χ0) is 10.8. The first-order valence-electron chi connectivity index (χ1n) is 4.88. The maximum absolute atomic E-state index is 13.2. The van der Waals surface area contributed by atoms with Crippen molar-refractivity contribution < 1.29 is 9.18 Å². The lowest BCUT2D eigenvalue weighted by molar-refractivity contribution is -0.128. The number of likely N-dealkylation sites (tertiary alicyclic amines) is 1. The number of benzene rings is 1. The Morgan fingerprint density at radius 1 is 1.47 bits per heavy atom. The zero-order valence-corrected chi connectivity index (χ0v) is 9.76. The van der Waals surface area contributed by atoms with E-state index in [1.165, 1.54) is 6.07 Å². The molecule has 15 heavy (non-hydrogen) atoms. The van der Waals surface area contributed by atoms with Crippen LogP contribution in [0.4, 0.5) is 4.39 Å². The molecule has 1 aliphatic rings. The lowest BCUT2D eigenvalue weighted by atomic mass is 10.2. The average molecular weight is 272 g/mol. The van der Waals surface area contributed by atoms with E-state index in [4.69, 9.17) is 0 Å². The largest absolute Gasteiger partial charge is 0.338 e. The predicted octanol–water partition coefficient (Wildman–Crippen LogP) is 2.71. The normalized spacial score (nSPS) is 16.1. The number of rotatable bonds is 2. The van der Waals surface area contributed by atoms with Gasteiger partial charge in [0, 0.05) is 19.5 Å². The third kappa shape index (κ3) is 2.37. The second kappa shape index (κ2) is 4.31. The molecule has 0 spiro atoms. The molecule has 80 valence electrons. The van der Waals surface area contributed by atoms with Crippen molar-refractivity contribution in [3.8, 4) is 0 Å². The molecule has 1 amide bonds. The Morgan fingerprint density at radius 2 is 2.27 bits per heavy atom. The standard InChI is InChI=1S/C11H11BrFNO/c12-9-4-3-8(6-10(9)13)7-14-5-1-2-11(14)15/h3-4,6H,1-2,5,7H2. The number of carbonyl (C=O) groups is 1. The van der Waals surface area contributed by atoms with Gasteiger partial charge in [-0.1, -0.05) is 6.07 Å². The average Bonchev–Trinajstić information content (AvgIpc) is 2.59. The molecule has 4 heteroatoms. The van der Waals surface area contributed by atoms with E-state index in [0.717, 1.165) is 18.5 Å². The summed E-state index contributed by atoms with van der Waals surface area (Å²) >= 11 is 3.10. The van der Waals surface area contributed by atoms with Gasteiger partial charge in [0.05, 0.1) is 4.47 Å². The number of carbonyl (C=O) groups excluding carboxylic acids is 1. The van der Waals surface area contributed by atoms with E-state index < -0.39 is 0 Å². The third-order valence-electron chi connectivity index (χ3n) is 2.53. The molecule has 0 atom stereocenters. The Morgan fingerprint density at radius 3 is 2.87 bits per heavy atom. The van der Waals surface area contributed by atoms with Crippen LogP contribution in [0.2, 0.25) is 0 Å². The van der Waals surface area contributed by atoms with Crippen LogP contribution in [0.3, 0.4) is 0 Å². The minimum atomic E-state index is -0.279. The fourth-order valence-electron chi connectivity index (χ4n) is 1.73. The first-order valence-corrected chi connectivity index (χ1v) is 5.68. The van der Waals surface area contributed by atoms with Gasteiger partial charge in [-0.15, -0.1) is 0 Å². The van der Waals surface area contributed by atoms with Crippen molar-refractivity contribution in [1.82, 2.24) is 4.90 Å². The number of hydrogen-bond donors (Lipinski definition) is 0. The molecule has 0 aromatic heterocycles. The molecule has 2 nitrogen and oxygen atoms in total. The Labute approximate surface area is 96.2 Å². The van der Waals surface area contributed by atoms with E-state index in [2.05, 4.69) is 15.9 Å². The van der Waals surface area contributed by atoms with Gasteiger partial charge in [0.25, 0.3) is 0 Å². The fraction of sp³-hybridized carbons (Fsp3) is 0.364. The third-order valence-corrected chi connectivity index (χ3v) is 3.17. The van der Waals surface area contributed by atoms with Crippen molar-refractivity contribution in [3.63, 3.8) is 0 Å². The topological polar surface area (TPSA) is 20.3 Å². The molecule has 1 saturated heterocycles. The van der Waals surface area contributed by atoms with E-state index in [1.807, 2.05) is 6.07 Å². The number of hydrogen-bond acceptors (Lipinski definition) is 1. The van der Waals surface area contributed by atoms with Gasteiger partial charge in [-0.3, -0.25) is 4.79 Å². The van der Waals surface area contributed by atoms with Gasteiger partial charge in [0.15, 0.2) is 0 Å². The summed E-state index contributed by atoms with van der Waals surface area (Å²) in [5.41, 5.74) is 0.839. The van der Waals surface area contributed by atoms with Crippen LogP contribution in [-0.4, -0.2) is 17.4 Å². The predicted molar refractivity (Wildman–Crippen MR) is 58.8 cm³/mol. The Balaban J connectivity index is 2.10. The summed E-state index contributed by atoms with van der Waals surface area (Å²) in [5, 5.41) is 0. The lowest BCUT2D eigenvalue weighted by Crippen LogP contribution is -2.23. The fourth-order valence-corrected chi connectivity index (χ4v) is 1.98. The molecule has 0 bridgehead atoms. The highest BCUT2D eigenvalue weighted by molar-refractivity contribution is 9.10. The van der Waals surface area contributed by atoms with Crippen molar-refractivity contribution in [3.05, 3.63) is 34.1 Å². The van der Waals surface area contributed by atoms with Gasteiger partial charge in [-0.2, -0.15) is 0 Å². The van der Waals surface area contributed by atoms with E-state index in [1.54, 1.807) is 11.0 Å². The van der Waals surface area contributed by atoms with Crippen LogP contribution in [-0.2, 0) is 11.3 Å². The Hall–Kier alpha value is -0.900. The van der Waals surface area contributed by atoms with Crippen molar-refractivity contribution in [2.45, 2.75) is 19.4 Å². The molecule has 1 fully saturated rings. The highest BCUT2D eigenvalue weighted by Gasteiger charge is 2.20. The molecule has 0 saturated carbocycles. The minimum Gasteiger partial charge on any atom is -0.338 e. The summed E-state index contributed by atoms with van der Waals surface area (Å²) < 4.78 is 13.7. The van der Waals surface area contributed by atoms with Crippen LogP contribution in [0.15, 0.2) is 22.7 Å². The maximum Gasteiger partial charge on any atom is 0.222 e. The second-order valence-corrected chi connectivity index (χ2v) is 4.52. The number of nitrogens with zero attached hydrogens (tertiary/aromatic N) is 1. The van der Waals surface area contributed by atoms with E-state index >= 15 is 0 Å². The van der Waals surface area contributed by atoms with Crippen LogP contribution in [0.25, 0.3) is 0 Å². The molecule has 1 heterocycles. The zero-order valence-electron chi connectivity index (χ0n) is 8.17. The van der Waals surface area contributed by atoms with Crippen LogP contribution in [0.5, 0.6) is 0 Å². The SMILES string of the molecule is O=C1CCCN1Cc1ccc(Br)c(F)c1. The summed E-state index contributed by atoms with van der Waals surface area (Å²) in [7, 11) is 0. The summed E-state index contributed by atoms with van der Waals surface area (Å²) in [4.78, 5) is 13.1. The Bertz CT molecular complexity index is 394. The van der Waals surface area contributed by atoms with Crippen molar-refractivity contribution in [2.75, 3.05) is 6.54 Å². The summed E-state index contributed by atoms with van der Waals surface area (Å²) in [6, 6.07) is 4.97. The van der Waals surface area contributed by atoms with Gasteiger partial charge in [0.1, 0.15) is 5.82 Å². The van der Waals surface area contributed by atoms with Gasteiger partial charge in [-0.05, 0) is 40.0 Å². The molecule has 1 aromatic rings. The van der Waals surface area contributed by atoms with Crippen LogP contribution < -0.4 is 0 Å². The van der Waals surface area contributed by atoms with Crippen LogP contribution in [0.1, 0.15) is 18.4 Å². The monoisotopic (exact) mass is 271 g/mol. The van der Waals surface area contributed by atoms with Gasteiger partial charge >= 0.3 is 0 Å². The first-order chi connectivity index (χ1) is 7.16. The highest BCUT2D eigenvalue weighted by Crippen LogP contribution is 2.19. The quantitative estimate of drug-likeness (QED) is 0.810. The maximum atomic E-state index is 13.2. The summed E-state index contributed by atoms with van der Waals surface area (Å²) in [5.74, 6) is -0.113. The second-order valence-electron chi connectivity index (χ2n) is 3.67. The number of halogens is 2. The van der Waals surface area contributed by atoms with E-state index in [0.29, 0.717) is 17.4 Å². The van der Waals surface area contributed by atoms with Crippen molar-refractivity contribution in [2.24, 2.45) is 0 Å². The molecule has 0 radical (unpaired) electrons. The molecular weight excluding hydrogens is 261 g/mol. The molecule has 2 rings (SSSR count). The van der Waals surface area contributed by atoms with Gasteiger partial charge < -0.3 is 4.90 Å². The molecule has 0 aliphatic carbocycles. The smallest absolute Gasteiger partial charge is 0.222 e. The lowest BCUT2D eigenvalue weighted by Gasteiger charge is -2.15. The summed E-state index contributed by atoms with van der Waals surface area (Å²) in [6.07, 6.45) is 1.54. The molecular formula is C11H11BrFNO. The van der Waals surface area contributed by atoms with E-state index in [9.17, 15) is 9.18 Å². The van der Waals surface area contributed by atoms with Crippen molar-refractivity contribution in [1.29, 1.82) is 0 Å². The molecule has 0 unspecified atom stereocenters. The first kappa shape index (κ1) is 10.6. The van der Waals surface area contributed by atoms with Gasteiger partial charge in [-0.25, -0.2) is 4.39 Å².